The molecule has 1 amide bonds. The van der Waals surface area contributed by atoms with Gasteiger partial charge in [-0.3, -0.25) is 4.79 Å². The molecule has 0 bridgehead atoms. The maximum atomic E-state index is 12.4. The summed E-state index contributed by atoms with van der Waals surface area (Å²) in [5.41, 5.74) is 1.63. The summed E-state index contributed by atoms with van der Waals surface area (Å²) < 4.78 is 11.8. The largest absolute Gasteiger partial charge is 0.484 e. The van der Waals surface area contributed by atoms with Crippen LogP contribution in [-0.2, 0) is 4.79 Å². The Morgan fingerprint density at radius 2 is 1.85 bits per heavy atom. The number of fused-ring (bicyclic) bond motifs is 2. The van der Waals surface area contributed by atoms with Gasteiger partial charge in [0.1, 0.15) is 11.4 Å². The number of hydrogen-bond acceptors (Lipinski definition) is 7. The number of carbonyl (C=O) groups is 1. The molecule has 0 aliphatic carbocycles. The van der Waals surface area contributed by atoms with Crippen LogP contribution in [0.15, 0.2) is 76.4 Å². The van der Waals surface area contributed by atoms with Crippen molar-refractivity contribution in [3.05, 3.63) is 66.7 Å². The number of nitrogens with one attached hydrogen (secondary N) is 1. The smallest absolute Gasteiger partial charge is 0.277 e. The number of amides is 1. The number of thioether (sulfide) groups is 1. The highest BCUT2D eigenvalue weighted by Gasteiger charge is 2.31. The van der Waals surface area contributed by atoms with E-state index in [1.54, 1.807) is 0 Å². The van der Waals surface area contributed by atoms with E-state index in [-0.39, 0.29) is 17.3 Å². The average Bonchev–Trinajstić information content (AvgIpc) is 3.31. The van der Waals surface area contributed by atoms with Gasteiger partial charge in [0.25, 0.3) is 5.22 Å². The van der Waals surface area contributed by atoms with Crippen molar-refractivity contribution in [1.29, 1.82) is 0 Å². The zero-order valence-electron chi connectivity index (χ0n) is 19.2. The normalized spacial score (nSPS) is 14.5. The molecule has 1 aromatic heterocycles. The van der Waals surface area contributed by atoms with Crippen molar-refractivity contribution in [3.63, 3.8) is 0 Å². The molecule has 7 nitrogen and oxygen atoms in total. The molecule has 0 unspecified atom stereocenters. The second-order valence-electron chi connectivity index (χ2n) is 8.82. The van der Waals surface area contributed by atoms with Crippen LogP contribution in [0.4, 0.5) is 5.69 Å². The molecule has 4 aromatic rings. The summed E-state index contributed by atoms with van der Waals surface area (Å²) >= 11 is 1.24. The van der Waals surface area contributed by atoms with Crippen molar-refractivity contribution in [2.45, 2.75) is 24.7 Å². The van der Waals surface area contributed by atoms with E-state index in [9.17, 15) is 4.79 Å². The van der Waals surface area contributed by atoms with Gasteiger partial charge in [0.15, 0.2) is 0 Å². The zero-order valence-corrected chi connectivity index (χ0v) is 20.0. The first-order valence-corrected chi connectivity index (χ1v) is 12.2. The summed E-state index contributed by atoms with van der Waals surface area (Å²) in [6.45, 7) is 6.14. The van der Waals surface area contributed by atoms with Crippen LogP contribution in [0.5, 0.6) is 5.75 Å². The lowest BCUT2D eigenvalue weighted by atomic mass is 10.1. The van der Waals surface area contributed by atoms with Crippen LogP contribution >= 0.6 is 11.8 Å². The number of anilines is 1. The second-order valence-corrected chi connectivity index (χ2v) is 9.75. The Kier molecular flexibility index (Phi) is 6.15. The second kappa shape index (κ2) is 9.38. The number of hydrogen-bond donors (Lipinski definition) is 1. The van der Waals surface area contributed by atoms with Gasteiger partial charge in [-0.15, -0.1) is 10.2 Å². The van der Waals surface area contributed by atoms with Gasteiger partial charge in [0.05, 0.1) is 18.0 Å². The number of para-hydroxylation sites is 2. The number of benzene rings is 3. The fourth-order valence-electron chi connectivity index (χ4n) is 4.09. The Hall–Kier alpha value is -3.52. The SMILES string of the molecule is CC1(C)CN(CCNC(=O)CSc2nnc(-c3ccc4ccccc4c3)o2)c2ccccc2O1. The molecule has 3 aromatic carbocycles. The molecule has 0 fully saturated rings. The Labute approximate surface area is 202 Å². The molecular formula is C26H26N4O3S. The lowest BCUT2D eigenvalue weighted by molar-refractivity contribution is -0.118. The highest BCUT2D eigenvalue weighted by Crippen LogP contribution is 2.36. The first-order chi connectivity index (χ1) is 16.5. The predicted molar refractivity (Wildman–Crippen MR) is 134 cm³/mol. The van der Waals surface area contributed by atoms with Crippen molar-refractivity contribution in [1.82, 2.24) is 15.5 Å². The number of carbonyl (C=O) groups excluding carboxylic acids is 1. The van der Waals surface area contributed by atoms with Crippen LogP contribution in [0.3, 0.4) is 0 Å². The molecule has 0 atom stereocenters. The van der Waals surface area contributed by atoms with Crippen molar-refractivity contribution in [2.75, 3.05) is 30.3 Å². The average molecular weight is 475 g/mol. The summed E-state index contributed by atoms with van der Waals surface area (Å²) in [7, 11) is 0. The molecule has 8 heteroatoms. The van der Waals surface area contributed by atoms with Gasteiger partial charge in [0, 0.05) is 18.7 Å². The molecule has 1 N–H and O–H groups in total. The van der Waals surface area contributed by atoms with E-state index in [2.05, 4.69) is 40.3 Å². The number of aromatic nitrogens is 2. The van der Waals surface area contributed by atoms with Crippen molar-refractivity contribution in [3.8, 4) is 17.2 Å². The Morgan fingerprint density at radius 1 is 1.06 bits per heavy atom. The molecule has 0 spiro atoms. The van der Waals surface area contributed by atoms with Gasteiger partial charge >= 0.3 is 0 Å². The molecule has 0 radical (unpaired) electrons. The van der Waals surface area contributed by atoms with E-state index in [1.165, 1.54) is 11.8 Å². The molecule has 34 heavy (non-hydrogen) atoms. The van der Waals surface area contributed by atoms with Gasteiger partial charge in [0.2, 0.25) is 11.8 Å². The highest BCUT2D eigenvalue weighted by atomic mass is 32.2. The first-order valence-electron chi connectivity index (χ1n) is 11.2. The molecule has 2 heterocycles. The monoisotopic (exact) mass is 474 g/mol. The summed E-state index contributed by atoms with van der Waals surface area (Å²) in [4.78, 5) is 14.6. The molecule has 174 valence electrons. The van der Waals surface area contributed by atoms with Gasteiger partial charge in [-0.05, 0) is 48.9 Å². The molecule has 0 saturated carbocycles. The molecule has 5 rings (SSSR count). The maximum absolute atomic E-state index is 12.4. The third-order valence-corrected chi connectivity index (χ3v) is 6.42. The first kappa shape index (κ1) is 22.3. The molecular weight excluding hydrogens is 448 g/mol. The quantitative estimate of drug-likeness (QED) is 0.386. The van der Waals surface area contributed by atoms with E-state index in [0.717, 1.165) is 34.3 Å². The summed E-state index contributed by atoms with van der Waals surface area (Å²) in [6, 6.07) is 22.1. The number of nitrogens with zero attached hydrogens (tertiary/aromatic N) is 3. The predicted octanol–water partition coefficient (Wildman–Crippen LogP) is 4.78. The van der Waals surface area contributed by atoms with E-state index in [4.69, 9.17) is 9.15 Å². The van der Waals surface area contributed by atoms with Crippen LogP contribution in [0.2, 0.25) is 0 Å². The van der Waals surface area contributed by atoms with E-state index in [0.29, 0.717) is 24.2 Å². The Balaban J connectivity index is 1.13. The third-order valence-electron chi connectivity index (χ3n) is 5.60. The van der Waals surface area contributed by atoms with E-state index in [1.807, 2.05) is 60.7 Å². The number of ether oxygens (including phenoxy) is 1. The van der Waals surface area contributed by atoms with Gasteiger partial charge in [-0.25, -0.2) is 0 Å². The van der Waals surface area contributed by atoms with Crippen LogP contribution in [0.25, 0.3) is 22.2 Å². The Morgan fingerprint density at radius 3 is 2.74 bits per heavy atom. The standard InChI is InChI=1S/C26H26N4O3S/c1-26(2)17-30(21-9-5-6-10-22(21)33-26)14-13-27-23(31)16-34-25-29-28-24(32-25)20-12-11-18-7-3-4-8-19(18)15-20/h3-12,15H,13-14,16-17H2,1-2H3,(H,27,31). The minimum atomic E-state index is -0.283. The van der Waals surface area contributed by atoms with Crippen LogP contribution in [0, 0.1) is 0 Å². The molecule has 1 aliphatic heterocycles. The highest BCUT2D eigenvalue weighted by molar-refractivity contribution is 7.99. The van der Waals surface area contributed by atoms with Crippen LogP contribution < -0.4 is 15.0 Å². The Bertz CT molecular complexity index is 1320. The summed E-state index contributed by atoms with van der Waals surface area (Å²) in [5, 5.41) is 13.9. The molecule has 0 saturated heterocycles. The van der Waals surface area contributed by atoms with Crippen LogP contribution in [0.1, 0.15) is 13.8 Å². The van der Waals surface area contributed by atoms with Gasteiger partial charge in [-0.1, -0.05) is 54.2 Å². The van der Waals surface area contributed by atoms with E-state index < -0.39 is 0 Å². The lowest BCUT2D eigenvalue weighted by Crippen LogP contribution is -2.49. The maximum Gasteiger partial charge on any atom is 0.277 e. The van der Waals surface area contributed by atoms with Gasteiger partial charge in [-0.2, -0.15) is 0 Å². The fraction of sp³-hybridized carbons (Fsp3) is 0.269. The summed E-state index contributed by atoms with van der Waals surface area (Å²) in [5.74, 6) is 1.46. The fourth-order valence-corrected chi connectivity index (χ4v) is 4.69. The lowest BCUT2D eigenvalue weighted by Gasteiger charge is -2.41. The topological polar surface area (TPSA) is 80.5 Å². The van der Waals surface area contributed by atoms with Crippen molar-refractivity contribution >= 4 is 34.1 Å². The van der Waals surface area contributed by atoms with Crippen LogP contribution in [-0.4, -0.2) is 47.1 Å². The minimum absolute atomic E-state index is 0.0729. The minimum Gasteiger partial charge on any atom is -0.484 e. The zero-order chi connectivity index (χ0) is 23.5. The van der Waals surface area contributed by atoms with E-state index >= 15 is 0 Å². The third kappa shape index (κ3) is 5.02. The summed E-state index contributed by atoms with van der Waals surface area (Å²) in [6.07, 6.45) is 0. The molecule has 1 aliphatic rings. The van der Waals surface area contributed by atoms with Crippen molar-refractivity contribution < 1.29 is 13.9 Å². The van der Waals surface area contributed by atoms with Gasteiger partial charge < -0.3 is 19.4 Å². The number of rotatable bonds is 7. The van der Waals surface area contributed by atoms with Crippen molar-refractivity contribution in [2.24, 2.45) is 0 Å².